The van der Waals surface area contributed by atoms with Crippen LogP contribution in [0.3, 0.4) is 0 Å². The number of anilines is 2. The Kier molecular flexibility index (Phi) is 7.04. The Morgan fingerprint density at radius 2 is 1.67 bits per heavy atom. The number of pyridine rings is 1. The van der Waals surface area contributed by atoms with E-state index in [1.807, 2.05) is 31.2 Å². The molecule has 4 aromatic rings. The predicted octanol–water partition coefficient (Wildman–Crippen LogP) is 4.30. The first-order valence-electron chi connectivity index (χ1n) is 12.1. The third-order valence-electron chi connectivity index (χ3n) is 6.37. The first-order chi connectivity index (χ1) is 19.0. The van der Waals surface area contributed by atoms with E-state index >= 15 is 0 Å². The van der Waals surface area contributed by atoms with Gasteiger partial charge in [0.25, 0.3) is 5.91 Å². The smallest absolute Gasteiger partial charge is 0.255 e. The Balaban J connectivity index is 1.69. The highest BCUT2D eigenvalue weighted by molar-refractivity contribution is 6.06. The summed E-state index contributed by atoms with van der Waals surface area (Å²) >= 11 is 0. The van der Waals surface area contributed by atoms with E-state index < -0.39 is 6.04 Å². The normalized spacial score (nSPS) is 14.2. The van der Waals surface area contributed by atoms with Crippen LogP contribution in [-0.4, -0.2) is 54.1 Å². The molecule has 11 heteroatoms. The molecule has 0 aliphatic carbocycles. The number of hydrogen-bond donors (Lipinski definition) is 2. The lowest BCUT2D eigenvalue weighted by molar-refractivity contribution is -0.113. The van der Waals surface area contributed by atoms with Gasteiger partial charge in [0.2, 0.25) is 11.7 Å². The second kappa shape index (κ2) is 10.7. The lowest BCUT2D eigenvalue weighted by atomic mass is 9.94. The van der Waals surface area contributed by atoms with Crippen molar-refractivity contribution in [2.75, 3.05) is 39.1 Å². The summed E-state index contributed by atoms with van der Waals surface area (Å²) in [5.74, 6) is 2.53. The number of nitrogens with one attached hydrogen (secondary N) is 2. The van der Waals surface area contributed by atoms with Gasteiger partial charge in [-0.3, -0.25) is 9.78 Å². The summed E-state index contributed by atoms with van der Waals surface area (Å²) in [7, 11) is 6.22. The number of nitrogens with zero attached hydrogens (tertiary/aromatic N) is 4. The Morgan fingerprint density at radius 1 is 0.949 bits per heavy atom. The van der Waals surface area contributed by atoms with Crippen LogP contribution in [-0.2, 0) is 4.79 Å². The molecule has 2 aromatic carbocycles. The Labute approximate surface area is 225 Å². The van der Waals surface area contributed by atoms with Crippen LogP contribution in [0.4, 0.5) is 11.6 Å². The van der Waals surface area contributed by atoms with Gasteiger partial charge in [0.05, 0.1) is 51.5 Å². The van der Waals surface area contributed by atoms with Gasteiger partial charge >= 0.3 is 0 Å². The summed E-state index contributed by atoms with van der Waals surface area (Å²) in [4.78, 5) is 22.6. The molecule has 0 fully saturated rings. The maximum absolute atomic E-state index is 13.8. The molecule has 0 spiro atoms. The van der Waals surface area contributed by atoms with E-state index in [2.05, 4.69) is 15.6 Å². The molecular weight excluding hydrogens is 500 g/mol. The molecule has 1 amide bonds. The highest BCUT2D eigenvalue weighted by Crippen LogP contribution is 2.44. The number of benzene rings is 2. The van der Waals surface area contributed by atoms with Gasteiger partial charge in [0.1, 0.15) is 11.8 Å². The van der Waals surface area contributed by atoms with Gasteiger partial charge in [-0.05, 0) is 48.9 Å². The lowest BCUT2D eigenvalue weighted by Gasteiger charge is -2.29. The fourth-order valence-electron chi connectivity index (χ4n) is 4.59. The quantitative estimate of drug-likeness (QED) is 0.345. The lowest BCUT2D eigenvalue weighted by Crippen LogP contribution is -2.31. The van der Waals surface area contributed by atoms with Crippen LogP contribution in [0.2, 0.25) is 0 Å². The van der Waals surface area contributed by atoms with Crippen molar-refractivity contribution in [1.82, 2.24) is 19.7 Å². The second-order valence-corrected chi connectivity index (χ2v) is 8.62. The molecule has 200 valence electrons. The van der Waals surface area contributed by atoms with Crippen molar-refractivity contribution in [3.8, 4) is 34.4 Å². The number of ether oxygens (including phenoxy) is 4. The number of para-hydroxylation sites is 1. The summed E-state index contributed by atoms with van der Waals surface area (Å²) in [5.41, 5.74) is 3.00. The van der Waals surface area contributed by atoms with Crippen molar-refractivity contribution in [1.29, 1.82) is 0 Å². The third kappa shape index (κ3) is 4.70. The van der Waals surface area contributed by atoms with Crippen LogP contribution in [0.5, 0.6) is 23.0 Å². The Bertz CT molecular complexity index is 1520. The molecule has 39 heavy (non-hydrogen) atoms. The minimum absolute atomic E-state index is 0.327. The van der Waals surface area contributed by atoms with E-state index in [0.717, 1.165) is 0 Å². The van der Waals surface area contributed by atoms with E-state index in [9.17, 15) is 4.79 Å². The zero-order valence-corrected chi connectivity index (χ0v) is 22.2. The third-order valence-corrected chi connectivity index (χ3v) is 6.37. The highest BCUT2D eigenvalue weighted by atomic mass is 16.5. The van der Waals surface area contributed by atoms with Crippen LogP contribution < -0.4 is 29.6 Å². The minimum Gasteiger partial charge on any atom is -0.496 e. The number of fused-ring (bicyclic) bond motifs is 1. The molecule has 0 radical (unpaired) electrons. The van der Waals surface area contributed by atoms with E-state index in [1.54, 1.807) is 62.7 Å². The summed E-state index contributed by atoms with van der Waals surface area (Å²) < 4.78 is 24.0. The second-order valence-electron chi connectivity index (χ2n) is 8.62. The Morgan fingerprint density at radius 3 is 2.31 bits per heavy atom. The van der Waals surface area contributed by atoms with E-state index in [4.69, 9.17) is 29.0 Å². The van der Waals surface area contributed by atoms with E-state index in [-0.39, 0.29) is 5.91 Å². The molecule has 0 bridgehead atoms. The average molecular weight is 529 g/mol. The zero-order valence-electron chi connectivity index (χ0n) is 22.2. The maximum atomic E-state index is 13.8. The van der Waals surface area contributed by atoms with Crippen LogP contribution in [0, 0.1) is 0 Å². The fourth-order valence-corrected chi connectivity index (χ4v) is 4.59. The zero-order chi connectivity index (χ0) is 27.5. The van der Waals surface area contributed by atoms with Crippen LogP contribution >= 0.6 is 0 Å². The highest BCUT2D eigenvalue weighted by Gasteiger charge is 2.36. The number of amides is 1. The average Bonchev–Trinajstić information content (AvgIpc) is 3.39. The molecule has 3 heterocycles. The summed E-state index contributed by atoms with van der Waals surface area (Å²) in [6.45, 7) is 1.82. The minimum atomic E-state index is -0.692. The van der Waals surface area contributed by atoms with Crippen LogP contribution in [0.15, 0.2) is 72.2 Å². The molecule has 1 aliphatic rings. The van der Waals surface area contributed by atoms with Crippen molar-refractivity contribution in [3.05, 3.63) is 77.8 Å². The van der Waals surface area contributed by atoms with Gasteiger partial charge in [-0.1, -0.05) is 12.1 Å². The van der Waals surface area contributed by atoms with Crippen molar-refractivity contribution in [2.45, 2.75) is 13.0 Å². The van der Waals surface area contributed by atoms with Crippen LogP contribution in [0.25, 0.3) is 11.4 Å². The van der Waals surface area contributed by atoms with E-state index in [1.165, 1.54) is 7.11 Å². The predicted molar refractivity (Wildman–Crippen MR) is 145 cm³/mol. The van der Waals surface area contributed by atoms with Crippen molar-refractivity contribution >= 4 is 17.5 Å². The summed E-state index contributed by atoms with van der Waals surface area (Å²) in [6.07, 6.45) is 3.22. The van der Waals surface area contributed by atoms with Gasteiger partial charge in [-0.2, -0.15) is 4.98 Å². The number of carbonyl (C=O) groups excluding carboxylic acids is 1. The molecule has 0 saturated heterocycles. The summed E-state index contributed by atoms with van der Waals surface area (Å²) in [6, 6.07) is 13.9. The largest absolute Gasteiger partial charge is 0.496 e. The monoisotopic (exact) mass is 528 g/mol. The van der Waals surface area contributed by atoms with Gasteiger partial charge < -0.3 is 29.6 Å². The van der Waals surface area contributed by atoms with Gasteiger partial charge in [0, 0.05) is 11.9 Å². The van der Waals surface area contributed by atoms with Crippen molar-refractivity contribution < 1.29 is 23.7 Å². The molecule has 0 saturated carbocycles. The maximum Gasteiger partial charge on any atom is 0.255 e. The van der Waals surface area contributed by atoms with Gasteiger partial charge in [-0.25, -0.2) is 4.68 Å². The number of aromatic nitrogens is 4. The SMILES string of the molecule is COc1ccccc1-c1nc2n(n1)C(c1cc(OC)c(OC)c(OC)c1)C(C(=O)Nc1cccnc1)=C(C)N2. The molecule has 1 atom stereocenters. The molecule has 2 N–H and O–H groups in total. The number of allylic oxidation sites excluding steroid dienone is 1. The van der Waals surface area contributed by atoms with Gasteiger partial charge in [0.15, 0.2) is 17.3 Å². The first kappa shape index (κ1) is 25.6. The molecule has 1 aliphatic heterocycles. The van der Waals surface area contributed by atoms with Crippen molar-refractivity contribution in [2.24, 2.45) is 0 Å². The topological polar surface area (TPSA) is 122 Å². The Hall–Kier alpha value is -5.06. The number of methoxy groups -OCH3 is 4. The number of hydrogen-bond acceptors (Lipinski definition) is 9. The van der Waals surface area contributed by atoms with E-state index in [0.29, 0.717) is 62.9 Å². The molecule has 11 nitrogen and oxygen atoms in total. The molecular formula is C28H28N6O5. The van der Waals surface area contributed by atoms with Gasteiger partial charge in [-0.15, -0.1) is 5.10 Å². The first-order valence-corrected chi connectivity index (χ1v) is 12.1. The molecule has 5 rings (SSSR count). The molecule has 1 unspecified atom stereocenters. The molecule has 2 aromatic heterocycles. The standard InChI is InChI=1S/C28H28N6O5/c1-16-23(27(35)31-18-9-8-12-29-15-18)24(17-13-21(37-3)25(39-5)22(14-17)38-4)34-28(30-16)32-26(33-34)19-10-6-7-11-20(19)36-2/h6-15,24H,1-5H3,(H,31,35)(H,30,32,33). The van der Waals surface area contributed by atoms with Crippen molar-refractivity contribution in [3.63, 3.8) is 0 Å². The number of rotatable bonds is 8. The number of carbonyl (C=O) groups is 1. The fraction of sp³-hybridized carbons (Fsp3) is 0.214. The summed E-state index contributed by atoms with van der Waals surface area (Å²) in [5, 5.41) is 11.0. The van der Waals surface area contributed by atoms with Crippen LogP contribution in [0.1, 0.15) is 18.5 Å².